The van der Waals surface area contributed by atoms with Crippen LogP contribution in [0.1, 0.15) is 54.4 Å². The van der Waals surface area contributed by atoms with Gasteiger partial charge in [-0.1, -0.05) is 41.5 Å². The highest BCUT2D eigenvalue weighted by Crippen LogP contribution is 2.13. The molecule has 0 rings (SSSR count). The Morgan fingerprint density at radius 2 is 1.31 bits per heavy atom. The Balaban J connectivity index is 4.00. The Morgan fingerprint density at radius 1 is 0.875 bits per heavy atom. The van der Waals surface area contributed by atoms with Gasteiger partial charge >= 0.3 is 0 Å². The van der Waals surface area contributed by atoms with Crippen molar-refractivity contribution in [1.82, 2.24) is 5.32 Å². The van der Waals surface area contributed by atoms with Crippen molar-refractivity contribution in [3.8, 4) is 0 Å². The summed E-state index contributed by atoms with van der Waals surface area (Å²) in [5.41, 5.74) is 0. The third-order valence-corrected chi connectivity index (χ3v) is 2.90. The van der Waals surface area contributed by atoms with Crippen LogP contribution >= 0.6 is 0 Å². The predicted molar refractivity (Wildman–Crippen MR) is 71.5 cm³/mol. The lowest BCUT2D eigenvalue weighted by Gasteiger charge is -2.25. The number of hydrogen-bond acceptors (Lipinski definition) is 2. The Morgan fingerprint density at radius 3 is 1.62 bits per heavy atom. The zero-order chi connectivity index (χ0) is 12.7. The molecule has 0 aromatic heterocycles. The Kier molecular flexibility index (Phi) is 8.04. The van der Waals surface area contributed by atoms with Gasteiger partial charge in [0.1, 0.15) is 0 Å². The van der Waals surface area contributed by atoms with E-state index in [-0.39, 0.29) is 6.10 Å². The summed E-state index contributed by atoms with van der Waals surface area (Å²) in [5.74, 6) is 1.77. The Bertz CT molecular complexity index is 156. The van der Waals surface area contributed by atoms with Gasteiger partial charge in [0.25, 0.3) is 0 Å². The first-order valence-electron chi connectivity index (χ1n) is 6.74. The van der Waals surface area contributed by atoms with Gasteiger partial charge in [0.05, 0.1) is 6.10 Å². The van der Waals surface area contributed by atoms with Crippen LogP contribution in [0.2, 0.25) is 0 Å². The van der Waals surface area contributed by atoms with Crippen LogP contribution < -0.4 is 5.32 Å². The van der Waals surface area contributed by atoms with E-state index in [1.54, 1.807) is 0 Å². The minimum Gasteiger partial charge on any atom is -0.392 e. The topological polar surface area (TPSA) is 32.3 Å². The van der Waals surface area contributed by atoms with E-state index < -0.39 is 0 Å². The summed E-state index contributed by atoms with van der Waals surface area (Å²) in [5, 5.41) is 13.3. The molecular formula is C14H31NO. The highest BCUT2D eigenvalue weighted by atomic mass is 16.3. The molecule has 0 fully saturated rings. The van der Waals surface area contributed by atoms with Gasteiger partial charge in [-0.25, -0.2) is 0 Å². The summed E-state index contributed by atoms with van der Waals surface area (Å²) in [4.78, 5) is 0. The SMILES string of the molecule is CC(C)CC(CC(C)C)NCC(O)C(C)C. The maximum atomic E-state index is 9.78. The van der Waals surface area contributed by atoms with Crippen LogP contribution in [0.3, 0.4) is 0 Å². The molecule has 0 aromatic rings. The zero-order valence-corrected chi connectivity index (χ0v) is 12.0. The van der Waals surface area contributed by atoms with Crippen LogP contribution in [0.4, 0.5) is 0 Å². The van der Waals surface area contributed by atoms with Crippen molar-refractivity contribution in [1.29, 1.82) is 0 Å². The number of aliphatic hydroxyl groups is 1. The molecule has 2 N–H and O–H groups in total. The number of aliphatic hydroxyl groups excluding tert-OH is 1. The molecule has 0 aromatic carbocycles. The van der Waals surface area contributed by atoms with E-state index in [4.69, 9.17) is 0 Å². The fraction of sp³-hybridized carbons (Fsp3) is 1.00. The molecule has 0 aliphatic carbocycles. The summed E-state index contributed by atoms with van der Waals surface area (Å²) in [6, 6.07) is 0.549. The number of hydrogen-bond donors (Lipinski definition) is 2. The monoisotopic (exact) mass is 229 g/mol. The minimum absolute atomic E-state index is 0.221. The predicted octanol–water partition coefficient (Wildman–Crippen LogP) is 3.05. The second-order valence-corrected chi connectivity index (χ2v) is 6.18. The van der Waals surface area contributed by atoms with Gasteiger partial charge in [0.2, 0.25) is 0 Å². The largest absolute Gasteiger partial charge is 0.392 e. The molecule has 2 heteroatoms. The molecule has 1 atom stereocenters. The van der Waals surface area contributed by atoms with Crippen molar-refractivity contribution >= 4 is 0 Å². The summed E-state index contributed by atoms with van der Waals surface area (Å²) < 4.78 is 0. The van der Waals surface area contributed by atoms with E-state index in [1.807, 2.05) is 0 Å². The van der Waals surface area contributed by atoms with Crippen LogP contribution in [0, 0.1) is 17.8 Å². The third kappa shape index (κ3) is 8.12. The van der Waals surface area contributed by atoms with E-state index in [9.17, 15) is 5.11 Å². The van der Waals surface area contributed by atoms with Crippen LogP contribution in [0.25, 0.3) is 0 Å². The molecule has 0 spiro atoms. The molecule has 98 valence electrons. The molecule has 0 radical (unpaired) electrons. The van der Waals surface area contributed by atoms with E-state index >= 15 is 0 Å². The fourth-order valence-corrected chi connectivity index (χ4v) is 1.92. The van der Waals surface area contributed by atoms with Gasteiger partial charge in [0.15, 0.2) is 0 Å². The van der Waals surface area contributed by atoms with Gasteiger partial charge in [-0.2, -0.15) is 0 Å². The van der Waals surface area contributed by atoms with E-state index in [2.05, 4.69) is 46.9 Å². The first kappa shape index (κ1) is 15.9. The first-order valence-corrected chi connectivity index (χ1v) is 6.74. The van der Waals surface area contributed by atoms with Crippen LogP contribution in [0.5, 0.6) is 0 Å². The molecule has 1 unspecified atom stereocenters. The van der Waals surface area contributed by atoms with Gasteiger partial charge in [-0.15, -0.1) is 0 Å². The molecule has 0 bridgehead atoms. The van der Waals surface area contributed by atoms with E-state index in [0.717, 1.165) is 6.54 Å². The molecule has 0 amide bonds. The summed E-state index contributed by atoms with van der Waals surface area (Å²) in [6.45, 7) is 13.9. The highest BCUT2D eigenvalue weighted by molar-refractivity contribution is 4.73. The van der Waals surface area contributed by atoms with Gasteiger partial charge < -0.3 is 10.4 Å². The Hall–Kier alpha value is -0.0800. The average molecular weight is 229 g/mol. The normalized spacial score (nSPS) is 14.4. The van der Waals surface area contributed by atoms with E-state index in [1.165, 1.54) is 12.8 Å². The first-order chi connectivity index (χ1) is 7.32. The van der Waals surface area contributed by atoms with Gasteiger partial charge in [-0.3, -0.25) is 0 Å². The van der Waals surface area contributed by atoms with Crippen LogP contribution in [-0.2, 0) is 0 Å². The third-order valence-electron chi connectivity index (χ3n) is 2.90. The second-order valence-electron chi connectivity index (χ2n) is 6.18. The van der Waals surface area contributed by atoms with Crippen LogP contribution in [-0.4, -0.2) is 23.8 Å². The van der Waals surface area contributed by atoms with Gasteiger partial charge in [-0.05, 0) is 30.6 Å². The van der Waals surface area contributed by atoms with Crippen molar-refractivity contribution in [3.63, 3.8) is 0 Å². The summed E-state index contributed by atoms with van der Waals surface area (Å²) >= 11 is 0. The summed E-state index contributed by atoms with van der Waals surface area (Å²) in [6.07, 6.45) is 2.17. The smallest absolute Gasteiger partial charge is 0.0687 e. The zero-order valence-electron chi connectivity index (χ0n) is 12.0. The maximum absolute atomic E-state index is 9.78. The van der Waals surface area contributed by atoms with Crippen molar-refractivity contribution in [2.24, 2.45) is 17.8 Å². The molecule has 0 aliphatic heterocycles. The Labute approximate surface area is 102 Å². The number of nitrogens with one attached hydrogen (secondary N) is 1. The average Bonchev–Trinajstić information content (AvgIpc) is 2.11. The van der Waals surface area contributed by atoms with Crippen LogP contribution in [0.15, 0.2) is 0 Å². The van der Waals surface area contributed by atoms with Gasteiger partial charge in [0, 0.05) is 12.6 Å². The lowest BCUT2D eigenvalue weighted by molar-refractivity contribution is 0.117. The van der Waals surface area contributed by atoms with Crippen molar-refractivity contribution in [2.45, 2.75) is 66.5 Å². The molecule has 0 heterocycles. The maximum Gasteiger partial charge on any atom is 0.0687 e. The summed E-state index contributed by atoms with van der Waals surface area (Å²) in [7, 11) is 0. The lowest BCUT2D eigenvalue weighted by atomic mass is 9.95. The quantitative estimate of drug-likeness (QED) is 0.670. The van der Waals surface area contributed by atoms with Crippen molar-refractivity contribution in [3.05, 3.63) is 0 Å². The van der Waals surface area contributed by atoms with Crippen molar-refractivity contribution < 1.29 is 5.11 Å². The fourth-order valence-electron chi connectivity index (χ4n) is 1.92. The standard InChI is InChI=1S/C14H31NO/c1-10(2)7-13(8-11(3)4)15-9-14(16)12(5)6/h10-16H,7-9H2,1-6H3. The molecule has 0 aliphatic rings. The van der Waals surface area contributed by atoms with E-state index in [0.29, 0.717) is 23.8 Å². The molecular weight excluding hydrogens is 198 g/mol. The lowest BCUT2D eigenvalue weighted by Crippen LogP contribution is -2.39. The van der Waals surface area contributed by atoms with Crippen molar-refractivity contribution in [2.75, 3.05) is 6.54 Å². The molecule has 0 saturated heterocycles. The second kappa shape index (κ2) is 8.08. The molecule has 16 heavy (non-hydrogen) atoms. The highest BCUT2D eigenvalue weighted by Gasteiger charge is 2.15. The minimum atomic E-state index is -0.221. The molecule has 2 nitrogen and oxygen atoms in total. The number of rotatable bonds is 8. The molecule has 0 saturated carbocycles.